The Morgan fingerprint density at radius 3 is 2.35 bits per heavy atom. The number of hydrogen-bond donors (Lipinski definition) is 1. The van der Waals surface area contributed by atoms with Gasteiger partial charge in [0.1, 0.15) is 0 Å². The molecule has 0 fully saturated rings. The van der Waals surface area contributed by atoms with Gasteiger partial charge in [0.2, 0.25) is 0 Å². The Kier molecular flexibility index (Phi) is 3.03. The van der Waals surface area contributed by atoms with Gasteiger partial charge in [-0.2, -0.15) is 5.10 Å². The number of hydrogen-bond acceptors (Lipinski definition) is 2. The lowest BCUT2D eigenvalue weighted by molar-refractivity contribution is 0.281. The Morgan fingerprint density at radius 2 is 1.82 bits per heavy atom. The molecule has 3 nitrogen and oxygen atoms in total. The molecular formula is C14H18N2O. The number of aromatic nitrogens is 2. The smallest absolute Gasteiger partial charge is 0.0978 e. The van der Waals surface area contributed by atoms with E-state index in [9.17, 15) is 5.11 Å². The van der Waals surface area contributed by atoms with E-state index in [1.807, 2.05) is 41.2 Å². The first-order chi connectivity index (χ1) is 8.02. The SMILES string of the molecule is CC(C)(C)n1cc(CO)c(-c2ccccc2)n1. The van der Waals surface area contributed by atoms with Crippen LogP contribution in [-0.2, 0) is 12.1 Å². The van der Waals surface area contributed by atoms with Gasteiger partial charge in [-0.1, -0.05) is 30.3 Å². The third-order valence-corrected chi connectivity index (χ3v) is 2.69. The average Bonchev–Trinajstić information content (AvgIpc) is 2.73. The van der Waals surface area contributed by atoms with Crippen LogP contribution in [0.1, 0.15) is 26.3 Å². The van der Waals surface area contributed by atoms with Crippen molar-refractivity contribution in [2.24, 2.45) is 0 Å². The van der Waals surface area contributed by atoms with Crippen molar-refractivity contribution in [2.75, 3.05) is 0 Å². The maximum Gasteiger partial charge on any atom is 0.0978 e. The largest absolute Gasteiger partial charge is 0.392 e. The highest BCUT2D eigenvalue weighted by Gasteiger charge is 2.18. The Bertz CT molecular complexity index is 495. The maximum atomic E-state index is 9.41. The van der Waals surface area contributed by atoms with Crippen LogP contribution >= 0.6 is 0 Å². The van der Waals surface area contributed by atoms with Crippen LogP contribution in [0, 0.1) is 0 Å². The molecule has 1 aromatic carbocycles. The number of benzene rings is 1. The van der Waals surface area contributed by atoms with Crippen LogP contribution in [0.5, 0.6) is 0 Å². The molecule has 0 radical (unpaired) electrons. The van der Waals surface area contributed by atoms with Crippen molar-refractivity contribution in [2.45, 2.75) is 32.9 Å². The van der Waals surface area contributed by atoms with E-state index in [1.54, 1.807) is 0 Å². The van der Waals surface area contributed by atoms with E-state index in [4.69, 9.17) is 0 Å². The molecule has 1 aromatic heterocycles. The fourth-order valence-corrected chi connectivity index (χ4v) is 1.71. The molecule has 0 bridgehead atoms. The molecule has 0 atom stereocenters. The maximum absolute atomic E-state index is 9.41. The summed E-state index contributed by atoms with van der Waals surface area (Å²) in [5.41, 5.74) is 2.70. The van der Waals surface area contributed by atoms with Gasteiger partial charge in [-0.3, -0.25) is 4.68 Å². The molecule has 17 heavy (non-hydrogen) atoms. The lowest BCUT2D eigenvalue weighted by atomic mass is 10.1. The van der Waals surface area contributed by atoms with Crippen LogP contribution < -0.4 is 0 Å². The van der Waals surface area contributed by atoms with Crippen LogP contribution in [0.3, 0.4) is 0 Å². The summed E-state index contributed by atoms with van der Waals surface area (Å²) in [7, 11) is 0. The molecule has 0 saturated carbocycles. The molecule has 1 N–H and O–H groups in total. The zero-order chi connectivity index (χ0) is 12.5. The van der Waals surface area contributed by atoms with E-state index >= 15 is 0 Å². The summed E-state index contributed by atoms with van der Waals surface area (Å²) in [4.78, 5) is 0. The number of nitrogens with zero attached hydrogens (tertiary/aromatic N) is 2. The van der Waals surface area contributed by atoms with Crippen molar-refractivity contribution in [3.8, 4) is 11.3 Å². The van der Waals surface area contributed by atoms with Crippen molar-refractivity contribution < 1.29 is 5.11 Å². The standard InChI is InChI=1S/C14H18N2O/c1-14(2,3)16-9-12(10-17)13(15-16)11-7-5-4-6-8-11/h4-9,17H,10H2,1-3H3. The molecular weight excluding hydrogens is 212 g/mol. The lowest BCUT2D eigenvalue weighted by Crippen LogP contribution is -2.22. The van der Waals surface area contributed by atoms with Crippen LogP contribution in [0.2, 0.25) is 0 Å². The van der Waals surface area contributed by atoms with Crippen LogP contribution in [0.15, 0.2) is 36.5 Å². The van der Waals surface area contributed by atoms with E-state index in [2.05, 4.69) is 25.9 Å². The lowest BCUT2D eigenvalue weighted by Gasteiger charge is -2.18. The van der Waals surface area contributed by atoms with Crippen molar-refractivity contribution >= 4 is 0 Å². The van der Waals surface area contributed by atoms with E-state index in [0.717, 1.165) is 16.8 Å². The molecule has 0 unspecified atom stereocenters. The molecule has 90 valence electrons. The van der Waals surface area contributed by atoms with Crippen LogP contribution in [-0.4, -0.2) is 14.9 Å². The number of aliphatic hydroxyl groups is 1. The first-order valence-electron chi connectivity index (χ1n) is 5.77. The molecule has 0 saturated heterocycles. The molecule has 0 aliphatic carbocycles. The fourth-order valence-electron chi connectivity index (χ4n) is 1.71. The average molecular weight is 230 g/mol. The second-order valence-electron chi connectivity index (χ2n) is 5.14. The molecule has 0 aliphatic rings. The summed E-state index contributed by atoms with van der Waals surface area (Å²) < 4.78 is 1.90. The molecule has 1 heterocycles. The topological polar surface area (TPSA) is 38.0 Å². The van der Waals surface area contributed by atoms with E-state index in [1.165, 1.54) is 0 Å². The summed E-state index contributed by atoms with van der Waals surface area (Å²) in [6, 6.07) is 9.95. The zero-order valence-electron chi connectivity index (χ0n) is 10.5. The van der Waals surface area contributed by atoms with Crippen molar-refractivity contribution in [1.82, 2.24) is 9.78 Å². The van der Waals surface area contributed by atoms with Crippen LogP contribution in [0.4, 0.5) is 0 Å². The van der Waals surface area contributed by atoms with Crippen molar-refractivity contribution in [1.29, 1.82) is 0 Å². The first-order valence-corrected chi connectivity index (χ1v) is 5.77. The van der Waals surface area contributed by atoms with Gasteiger partial charge in [-0.25, -0.2) is 0 Å². The predicted molar refractivity (Wildman–Crippen MR) is 68.6 cm³/mol. The fraction of sp³-hybridized carbons (Fsp3) is 0.357. The molecule has 2 aromatic rings. The third-order valence-electron chi connectivity index (χ3n) is 2.69. The second-order valence-corrected chi connectivity index (χ2v) is 5.14. The number of aliphatic hydroxyl groups excluding tert-OH is 1. The molecule has 2 rings (SSSR count). The molecule has 0 amide bonds. The van der Waals surface area contributed by atoms with Gasteiger partial charge in [0.25, 0.3) is 0 Å². The zero-order valence-corrected chi connectivity index (χ0v) is 10.5. The Labute approximate surface area is 102 Å². The predicted octanol–water partition coefficient (Wildman–Crippen LogP) is 2.80. The van der Waals surface area contributed by atoms with Gasteiger partial charge in [-0.05, 0) is 20.8 Å². The molecule has 0 aliphatic heterocycles. The highest BCUT2D eigenvalue weighted by atomic mass is 16.3. The quantitative estimate of drug-likeness (QED) is 0.861. The molecule has 0 spiro atoms. The van der Waals surface area contributed by atoms with Gasteiger partial charge < -0.3 is 5.11 Å². The minimum absolute atomic E-state index is 0.0142. The highest BCUT2D eigenvalue weighted by molar-refractivity contribution is 5.62. The summed E-state index contributed by atoms with van der Waals surface area (Å²) in [5, 5.41) is 14.0. The third kappa shape index (κ3) is 2.39. The summed E-state index contributed by atoms with van der Waals surface area (Å²) in [5.74, 6) is 0. The minimum Gasteiger partial charge on any atom is -0.392 e. The minimum atomic E-state index is -0.0725. The second kappa shape index (κ2) is 4.34. The van der Waals surface area contributed by atoms with Crippen molar-refractivity contribution in [3.63, 3.8) is 0 Å². The highest BCUT2D eigenvalue weighted by Crippen LogP contribution is 2.24. The Morgan fingerprint density at radius 1 is 1.18 bits per heavy atom. The monoisotopic (exact) mass is 230 g/mol. The Balaban J connectivity index is 2.51. The normalized spacial score (nSPS) is 11.8. The van der Waals surface area contributed by atoms with Crippen molar-refractivity contribution in [3.05, 3.63) is 42.1 Å². The first kappa shape index (κ1) is 11.9. The van der Waals surface area contributed by atoms with Gasteiger partial charge in [0.15, 0.2) is 0 Å². The van der Waals surface area contributed by atoms with Gasteiger partial charge in [0.05, 0.1) is 17.8 Å². The molecule has 3 heteroatoms. The van der Waals surface area contributed by atoms with Gasteiger partial charge in [-0.15, -0.1) is 0 Å². The van der Waals surface area contributed by atoms with E-state index < -0.39 is 0 Å². The van der Waals surface area contributed by atoms with Crippen LogP contribution in [0.25, 0.3) is 11.3 Å². The summed E-state index contributed by atoms with van der Waals surface area (Å²) in [6.45, 7) is 6.29. The van der Waals surface area contributed by atoms with E-state index in [0.29, 0.717) is 0 Å². The summed E-state index contributed by atoms with van der Waals surface area (Å²) in [6.07, 6.45) is 1.92. The summed E-state index contributed by atoms with van der Waals surface area (Å²) >= 11 is 0. The van der Waals surface area contributed by atoms with Gasteiger partial charge in [0, 0.05) is 17.3 Å². The Hall–Kier alpha value is -1.61. The van der Waals surface area contributed by atoms with E-state index in [-0.39, 0.29) is 12.1 Å². The number of rotatable bonds is 2. The van der Waals surface area contributed by atoms with Gasteiger partial charge >= 0.3 is 0 Å².